The molecule has 2 N–H and O–H groups in total. The van der Waals surface area contributed by atoms with Crippen LogP contribution >= 0.6 is 0 Å². The van der Waals surface area contributed by atoms with Crippen LogP contribution in [0.4, 0.5) is 5.69 Å². The van der Waals surface area contributed by atoms with Gasteiger partial charge < -0.3 is 5.32 Å². The number of unbranched alkanes of at least 4 members (excludes halogenated alkanes) is 2. The molecule has 20 heavy (non-hydrogen) atoms. The zero-order valence-electron chi connectivity index (χ0n) is 12.2. The van der Waals surface area contributed by atoms with Crippen molar-refractivity contribution in [1.29, 1.82) is 0 Å². The third-order valence-corrected chi connectivity index (χ3v) is 3.53. The van der Waals surface area contributed by atoms with Gasteiger partial charge in [0.05, 0.1) is 11.9 Å². The summed E-state index contributed by atoms with van der Waals surface area (Å²) in [5, 5.41) is 2.85. The van der Waals surface area contributed by atoms with Gasteiger partial charge in [0.1, 0.15) is 0 Å². The molecule has 0 atom stereocenters. The topological polar surface area (TPSA) is 75.3 Å². The molecule has 0 saturated carbocycles. The van der Waals surface area contributed by atoms with Gasteiger partial charge in [0.2, 0.25) is 10.0 Å². The summed E-state index contributed by atoms with van der Waals surface area (Å²) in [6.45, 7) is 4.47. The predicted molar refractivity (Wildman–Crippen MR) is 81.5 cm³/mol. The minimum absolute atomic E-state index is 0.171. The number of amides is 1. The van der Waals surface area contributed by atoms with Crippen LogP contribution in [0.25, 0.3) is 0 Å². The van der Waals surface area contributed by atoms with E-state index in [2.05, 4.69) is 17.0 Å². The highest BCUT2D eigenvalue weighted by molar-refractivity contribution is 7.92. The highest BCUT2D eigenvalue weighted by atomic mass is 32.2. The highest BCUT2D eigenvalue weighted by Crippen LogP contribution is 2.19. The fourth-order valence-corrected chi connectivity index (χ4v) is 2.48. The second-order valence-corrected chi connectivity index (χ2v) is 6.56. The van der Waals surface area contributed by atoms with Crippen molar-refractivity contribution < 1.29 is 13.2 Å². The van der Waals surface area contributed by atoms with Crippen molar-refractivity contribution in [3.8, 4) is 0 Å². The molecule has 1 aromatic carbocycles. The molecule has 0 radical (unpaired) electrons. The second-order valence-electron chi connectivity index (χ2n) is 4.82. The van der Waals surface area contributed by atoms with Crippen molar-refractivity contribution in [3.63, 3.8) is 0 Å². The number of hydrogen-bond donors (Lipinski definition) is 2. The molecule has 6 heteroatoms. The van der Waals surface area contributed by atoms with Gasteiger partial charge >= 0.3 is 0 Å². The normalized spacial score (nSPS) is 11.2. The summed E-state index contributed by atoms with van der Waals surface area (Å²) in [4.78, 5) is 12.1. The molecule has 5 nitrogen and oxygen atoms in total. The summed E-state index contributed by atoms with van der Waals surface area (Å²) >= 11 is 0. The Hall–Kier alpha value is -1.56. The SMILES string of the molecule is CCCCCNC(=O)c1cccc(NS(C)(=O)=O)c1C. The molecule has 1 aromatic rings. The Morgan fingerprint density at radius 2 is 1.95 bits per heavy atom. The lowest BCUT2D eigenvalue weighted by Crippen LogP contribution is -2.25. The monoisotopic (exact) mass is 298 g/mol. The molecule has 0 aliphatic heterocycles. The lowest BCUT2D eigenvalue weighted by Gasteiger charge is -2.12. The summed E-state index contributed by atoms with van der Waals surface area (Å²) in [5.74, 6) is -0.171. The molecule has 0 aromatic heterocycles. The maximum Gasteiger partial charge on any atom is 0.251 e. The first-order chi connectivity index (χ1) is 9.35. The van der Waals surface area contributed by atoms with Crippen molar-refractivity contribution in [2.75, 3.05) is 17.5 Å². The van der Waals surface area contributed by atoms with Crippen LogP contribution < -0.4 is 10.0 Å². The Morgan fingerprint density at radius 3 is 2.55 bits per heavy atom. The largest absolute Gasteiger partial charge is 0.352 e. The van der Waals surface area contributed by atoms with Crippen LogP contribution in [0, 0.1) is 6.92 Å². The summed E-state index contributed by atoms with van der Waals surface area (Å²) < 4.78 is 24.9. The molecule has 1 amide bonds. The summed E-state index contributed by atoms with van der Waals surface area (Å²) in [5.41, 5.74) is 1.56. The molecule has 0 aliphatic rings. The zero-order chi connectivity index (χ0) is 15.2. The molecular weight excluding hydrogens is 276 g/mol. The quantitative estimate of drug-likeness (QED) is 0.758. The lowest BCUT2D eigenvalue weighted by molar-refractivity contribution is 0.0952. The summed E-state index contributed by atoms with van der Waals surface area (Å²) in [6, 6.07) is 5.00. The average molecular weight is 298 g/mol. The van der Waals surface area contributed by atoms with Gasteiger partial charge in [-0.05, 0) is 31.0 Å². The van der Waals surface area contributed by atoms with E-state index < -0.39 is 10.0 Å². The molecule has 0 bridgehead atoms. The molecular formula is C14H22N2O3S. The summed E-state index contributed by atoms with van der Waals surface area (Å²) in [7, 11) is -3.35. The number of hydrogen-bond acceptors (Lipinski definition) is 3. The van der Waals surface area contributed by atoms with Crippen molar-refractivity contribution >= 4 is 21.6 Å². The van der Waals surface area contributed by atoms with E-state index in [1.807, 2.05) is 0 Å². The third-order valence-electron chi connectivity index (χ3n) is 2.94. The molecule has 0 heterocycles. The van der Waals surface area contributed by atoms with Crippen LogP contribution in [-0.2, 0) is 10.0 Å². The molecule has 1 rings (SSSR count). The standard InChI is InChI=1S/C14H22N2O3S/c1-4-5-6-10-15-14(17)12-8-7-9-13(11(12)2)16-20(3,18)19/h7-9,16H,4-6,10H2,1-3H3,(H,15,17). The van der Waals surface area contributed by atoms with E-state index in [0.717, 1.165) is 25.5 Å². The predicted octanol–water partition coefficient (Wildman–Crippen LogP) is 2.29. The minimum Gasteiger partial charge on any atom is -0.352 e. The number of nitrogens with one attached hydrogen (secondary N) is 2. The average Bonchev–Trinajstić information content (AvgIpc) is 2.35. The van der Waals surface area contributed by atoms with Crippen LogP contribution in [0.3, 0.4) is 0 Å². The highest BCUT2D eigenvalue weighted by Gasteiger charge is 2.13. The fraction of sp³-hybridized carbons (Fsp3) is 0.500. The van der Waals surface area contributed by atoms with Gasteiger partial charge in [-0.1, -0.05) is 25.8 Å². The van der Waals surface area contributed by atoms with E-state index in [-0.39, 0.29) is 5.91 Å². The van der Waals surface area contributed by atoms with Crippen LogP contribution in [0.15, 0.2) is 18.2 Å². The van der Waals surface area contributed by atoms with Gasteiger partial charge in [0.15, 0.2) is 0 Å². The van der Waals surface area contributed by atoms with Gasteiger partial charge in [-0.25, -0.2) is 8.42 Å². The number of carbonyl (C=O) groups is 1. The summed E-state index contributed by atoms with van der Waals surface area (Å²) in [6.07, 6.45) is 4.21. The second kappa shape index (κ2) is 7.28. The van der Waals surface area contributed by atoms with Crippen LogP contribution in [0.5, 0.6) is 0 Å². The first kappa shape index (κ1) is 16.5. The first-order valence-corrected chi connectivity index (χ1v) is 8.60. The Kier molecular flexibility index (Phi) is 6.01. The number of sulfonamides is 1. The zero-order valence-corrected chi connectivity index (χ0v) is 13.0. The van der Waals surface area contributed by atoms with Gasteiger partial charge in [-0.2, -0.15) is 0 Å². The lowest BCUT2D eigenvalue weighted by atomic mass is 10.1. The first-order valence-electron chi connectivity index (χ1n) is 6.70. The Labute approximate surface area is 120 Å². The van der Waals surface area contributed by atoms with Gasteiger partial charge in [0.25, 0.3) is 5.91 Å². The molecule has 0 saturated heterocycles. The molecule has 0 spiro atoms. The van der Waals surface area contributed by atoms with Crippen LogP contribution in [0.2, 0.25) is 0 Å². The van der Waals surface area contributed by atoms with Gasteiger partial charge in [-0.3, -0.25) is 9.52 Å². The molecule has 112 valence electrons. The van der Waals surface area contributed by atoms with E-state index in [9.17, 15) is 13.2 Å². The smallest absolute Gasteiger partial charge is 0.251 e. The van der Waals surface area contributed by atoms with E-state index >= 15 is 0 Å². The number of benzene rings is 1. The van der Waals surface area contributed by atoms with E-state index in [4.69, 9.17) is 0 Å². The van der Waals surface area contributed by atoms with Crippen LogP contribution in [-0.4, -0.2) is 27.1 Å². The van der Waals surface area contributed by atoms with Crippen molar-refractivity contribution in [2.24, 2.45) is 0 Å². The minimum atomic E-state index is -3.35. The molecule has 0 fully saturated rings. The maximum absolute atomic E-state index is 12.1. The van der Waals surface area contributed by atoms with Crippen molar-refractivity contribution in [2.45, 2.75) is 33.1 Å². The Bertz CT molecular complexity index is 568. The third kappa shape index (κ3) is 5.21. The van der Waals surface area contributed by atoms with E-state index in [0.29, 0.717) is 23.4 Å². The Morgan fingerprint density at radius 1 is 1.25 bits per heavy atom. The molecule has 0 aliphatic carbocycles. The van der Waals surface area contributed by atoms with E-state index in [1.165, 1.54) is 0 Å². The maximum atomic E-state index is 12.1. The molecule has 0 unspecified atom stereocenters. The number of rotatable bonds is 7. The van der Waals surface area contributed by atoms with Crippen molar-refractivity contribution in [1.82, 2.24) is 5.32 Å². The van der Waals surface area contributed by atoms with Crippen LogP contribution in [0.1, 0.15) is 42.1 Å². The Balaban J connectivity index is 2.80. The number of anilines is 1. The van der Waals surface area contributed by atoms with E-state index in [1.54, 1.807) is 25.1 Å². The van der Waals surface area contributed by atoms with Crippen molar-refractivity contribution in [3.05, 3.63) is 29.3 Å². The van der Waals surface area contributed by atoms with Gasteiger partial charge in [0, 0.05) is 12.1 Å². The number of carbonyl (C=O) groups excluding carboxylic acids is 1. The fourth-order valence-electron chi connectivity index (χ4n) is 1.86. The van der Waals surface area contributed by atoms with Gasteiger partial charge in [-0.15, -0.1) is 0 Å².